The molecule has 5 N–H and O–H groups in total. The van der Waals surface area contributed by atoms with Gasteiger partial charge < -0.3 is 35.3 Å². The van der Waals surface area contributed by atoms with E-state index in [2.05, 4.69) is 9.97 Å². The van der Waals surface area contributed by atoms with Crippen molar-refractivity contribution in [1.29, 1.82) is 0 Å². The van der Waals surface area contributed by atoms with Crippen molar-refractivity contribution < 1.29 is 25.5 Å². The molecule has 0 saturated carbocycles. The minimum absolute atomic E-state index is 0.0469. The van der Waals surface area contributed by atoms with Gasteiger partial charge in [-0.05, 0) is 0 Å². The maximum atomic E-state index is 9.42. The number of hydrogen-bond acceptors (Lipinski definition) is 9. The van der Waals surface area contributed by atoms with E-state index in [4.69, 9.17) is 0 Å². The van der Waals surface area contributed by atoms with Crippen LogP contribution < -0.4 is 9.80 Å². The Bertz CT molecular complexity index is 531. The molecule has 1 aliphatic rings. The first-order chi connectivity index (χ1) is 11.7. The van der Waals surface area contributed by atoms with E-state index in [1.807, 2.05) is 9.80 Å². The summed E-state index contributed by atoms with van der Waals surface area (Å²) in [5.41, 5.74) is 1.36. The molecule has 2 rings (SSSR count). The monoisotopic (exact) mass is 342 g/mol. The molecule has 136 valence electrons. The summed E-state index contributed by atoms with van der Waals surface area (Å²) in [5.74, 6) is 1.08. The first-order valence-electron chi connectivity index (χ1n) is 8.19. The van der Waals surface area contributed by atoms with Gasteiger partial charge in [-0.2, -0.15) is 0 Å². The predicted molar refractivity (Wildman–Crippen MR) is 88.0 cm³/mol. The fourth-order valence-electron chi connectivity index (χ4n) is 3.14. The maximum absolute atomic E-state index is 9.42. The van der Waals surface area contributed by atoms with Crippen molar-refractivity contribution in [3.05, 3.63) is 11.5 Å². The Hall–Kier alpha value is -1.52. The van der Waals surface area contributed by atoms with Gasteiger partial charge in [-0.3, -0.25) is 0 Å². The normalized spacial score (nSPS) is 16.8. The maximum Gasteiger partial charge on any atom is 0.158 e. The summed E-state index contributed by atoms with van der Waals surface area (Å²) >= 11 is 0. The van der Waals surface area contributed by atoms with Crippen LogP contribution in [-0.4, -0.2) is 87.8 Å². The van der Waals surface area contributed by atoms with E-state index in [-0.39, 0.29) is 39.2 Å². The van der Waals surface area contributed by atoms with Crippen molar-refractivity contribution in [2.24, 2.45) is 0 Å². The molecule has 1 aromatic rings. The Kier molecular flexibility index (Phi) is 7.13. The lowest BCUT2D eigenvalue weighted by Gasteiger charge is -2.31. The molecule has 0 aliphatic carbocycles. The number of anilines is 2. The van der Waals surface area contributed by atoms with Gasteiger partial charge in [-0.1, -0.05) is 0 Å². The van der Waals surface area contributed by atoms with Crippen LogP contribution >= 0.6 is 0 Å². The summed E-state index contributed by atoms with van der Waals surface area (Å²) in [6.07, 6.45) is 0.790. The van der Waals surface area contributed by atoms with Crippen molar-refractivity contribution >= 4 is 11.5 Å². The van der Waals surface area contributed by atoms with E-state index < -0.39 is 0 Å². The van der Waals surface area contributed by atoms with Crippen molar-refractivity contribution in [2.45, 2.75) is 25.4 Å². The lowest BCUT2D eigenvalue weighted by Crippen LogP contribution is -2.46. The van der Waals surface area contributed by atoms with E-state index >= 15 is 0 Å². The second-order valence-corrected chi connectivity index (χ2v) is 5.53. The molecule has 0 fully saturated rings. The van der Waals surface area contributed by atoms with Gasteiger partial charge in [-0.15, -0.1) is 0 Å². The summed E-state index contributed by atoms with van der Waals surface area (Å²) in [6.45, 7) is 0.287. The second-order valence-electron chi connectivity index (χ2n) is 5.53. The third-order valence-corrected chi connectivity index (χ3v) is 4.02. The fraction of sp³-hybridized carbons (Fsp3) is 0.733. The average Bonchev–Trinajstić information content (AvgIpc) is 2.84. The zero-order valence-corrected chi connectivity index (χ0v) is 13.7. The standard InChI is InChI=1S/C15H26N4O5/c20-6-1-11-14-15(17-12(16-11)2-7-21)19(5-10-24)13(3-8-22)18(14)4-9-23/h13,20-24H,1-10H2. The number of aliphatic hydroxyl groups excluding tert-OH is 5. The van der Waals surface area contributed by atoms with E-state index in [1.165, 1.54) is 0 Å². The first kappa shape index (κ1) is 18.8. The van der Waals surface area contributed by atoms with Crippen molar-refractivity contribution in [3.8, 4) is 0 Å². The Morgan fingerprint density at radius 3 is 2.00 bits per heavy atom. The molecule has 2 heterocycles. The lowest BCUT2D eigenvalue weighted by atomic mass is 10.2. The molecule has 0 spiro atoms. The molecular weight excluding hydrogens is 316 g/mol. The van der Waals surface area contributed by atoms with Crippen LogP contribution in [0.15, 0.2) is 0 Å². The second kappa shape index (κ2) is 9.09. The highest BCUT2D eigenvalue weighted by Gasteiger charge is 2.38. The molecule has 24 heavy (non-hydrogen) atoms. The molecule has 9 heteroatoms. The van der Waals surface area contributed by atoms with Crippen LogP contribution in [-0.2, 0) is 12.8 Å². The summed E-state index contributed by atoms with van der Waals surface area (Å²) in [7, 11) is 0. The van der Waals surface area contributed by atoms with Gasteiger partial charge in [0.05, 0.1) is 25.5 Å². The molecule has 0 radical (unpaired) electrons. The third-order valence-electron chi connectivity index (χ3n) is 4.02. The molecule has 1 unspecified atom stereocenters. The first-order valence-corrected chi connectivity index (χ1v) is 8.19. The molecule has 0 bridgehead atoms. The summed E-state index contributed by atoms with van der Waals surface area (Å²) in [6, 6.07) is 0. The smallest absolute Gasteiger partial charge is 0.158 e. The fourth-order valence-corrected chi connectivity index (χ4v) is 3.14. The molecule has 9 nitrogen and oxygen atoms in total. The minimum Gasteiger partial charge on any atom is -0.396 e. The number of fused-ring (bicyclic) bond motifs is 1. The SMILES string of the molecule is OCCc1nc(CCO)c2c(n1)N(CCO)C(CCO)N2CCO. The van der Waals surface area contributed by atoms with Crippen LogP contribution in [0.3, 0.4) is 0 Å². The van der Waals surface area contributed by atoms with Gasteiger partial charge in [0.25, 0.3) is 0 Å². The number of nitrogens with zero attached hydrogens (tertiary/aromatic N) is 4. The van der Waals surface area contributed by atoms with Crippen LogP contribution in [0.1, 0.15) is 17.9 Å². The highest BCUT2D eigenvalue weighted by atomic mass is 16.3. The van der Waals surface area contributed by atoms with Gasteiger partial charge in [-0.25, -0.2) is 9.97 Å². The lowest BCUT2D eigenvalue weighted by molar-refractivity contribution is 0.255. The van der Waals surface area contributed by atoms with E-state index in [0.29, 0.717) is 55.4 Å². The van der Waals surface area contributed by atoms with E-state index in [9.17, 15) is 25.5 Å². The molecule has 1 atom stereocenters. The largest absolute Gasteiger partial charge is 0.396 e. The van der Waals surface area contributed by atoms with E-state index in [0.717, 1.165) is 0 Å². The number of hydrogen-bond donors (Lipinski definition) is 5. The number of β-amino-alcohol motifs (C(OH)–C–C–N with tert-alkyl or cyclic N) is 2. The quantitative estimate of drug-likeness (QED) is 0.323. The van der Waals surface area contributed by atoms with Crippen molar-refractivity contribution in [2.75, 3.05) is 55.9 Å². The average molecular weight is 342 g/mol. The van der Waals surface area contributed by atoms with Crippen LogP contribution in [0.2, 0.25) is 0 Å². The topological polar surface area (TPSA) is 133 Å². The summed E-state index contributed by atoms with van der Waals surface area (Å²) in [4.78, 5) is 12.7. The summed E-state index contributed by atoms with van der Waals surface area (Å²) in [5, 5.41) is 46.8. The zero-order valence-electron chi connectivity index (χ0n) is 13.7. The molecule has 0 aromatic carbocycles. The Balaban J connectivity index is 2.54. The zero-order chi connectivity index (χ0) is 17.5. The third kappa shape index (κ3) is 3.76. The molecule has 0 amide bonds. The number of aliphatic hydroxyl groups is 5. The number of rotatable bonds is 10. The molecule has 0 saturated heterocycles. The van der Waals surface area contributed by atoms with Gasteiger partial charge in [0.15, 0.2) is 5.82 Å². The Morgan fingerprint density at radius 1 is 0.750 bits per heavy atom. The summed E-state index contributed by atoms with van der Waals surface area (Å²) < 4.78 is 0. The van der Waals surface area contributed by atoms with Gasteiger partial charge in [0.1, 0.15) is 17.7 Å². The van der Waals surface area contributed by atoms with E-state index in [1.54, 1.807) is 0 Å². The van der Waals surface area contributed by atoms with Gasteiger partial charge >= 0.3 is 0 Å². The molecule has 1 aliphatic heterocycles. The van der Waals surface area contributed by atoms with Gasteiger partial charge in [0, 0.05) is 45.6 Å². The minimum atomic E-state index is -0.250. The molecule has 1 aromatic heterocycles. The van der Waals surface area contributed by atoms with Gasteiger partial charge in [0.2, 0.25) is 0 Å². The van der Waals surface area contributed by atoms with Crippen LogP contribution in [0, 0.1) is 0 Å². The highest BCUT2D eigenvalue weighted by Crippen LogP contribution is 2.41. The van der Waals surface area contributed by atoms with Crippen LogP contribution in [0.25, 0.3) is 0 Å². The predicted octanol–water partition coefficient (Wildman–Crippen LogP) is -2.13. The Labute approximate surface area is 140 Å². The highest BCUT2D eigenvalue weighted by molar-refractivity contribution is 5.76. The Morgan fingerprint density at radius 2 is 1.42 bits per heavy atom. The van der Waals surface area contributed by atoms with Crippen LogP contribution in [0.5, 0.6) is 0 Å². The van der Waals surface area contributed by atoms with Crippen LogP contribution in [0.4, 0.5) is 11.5 Å². The molecular formula is C15H26N4O5. The number of aromatic nitrogens is 2. The van der Waals surface area contributed by atoms with Crippen molar-refractivity contribution in [3.63, 3.8) is 0 Å². The van der Waals surface area contributed by atoms with Crippen molar-refractivity contribution in [1.82, 2.24) is 9.97 Å².